The third-order valence-corrected chi connectivity index (χ3v) is 4.67. The number of halogens is 4. The van der Waals surface area contributed by atoms with Gasteiger partial charge < -0.3 is 14.5 Å². The van der Waals surface area contributed by atoms with Gasteiger partial charge in [-0.1, -0.05) is 52.5 Å². The highest BCUT2D eigenvalue weighted by molar-refractivity contribution is 6.40. The molecule has 0 aliphatic rings. The van der Waals surface area contributed by atoms with E-state index < -0.39 is 5.91 Å². The number of aryl methyl sites for hydroxylation is 1. The van der Waals surface area contributed by atoms with E-state index in [2.05, 4.69) is 5.32 Å². The topological polar surface area (TPSA) is 51.5 Å². The van der Waals surface area contributed by atoms with Crippen molar-refractivity contribution in [2.24, 2.45) is 0 Å². The molecule has 3 rings (SSSR count). The first-order valence-electron chi connectivity index (χ1n) is 7.77. The van der Waals surface area contributed by atoms with Crippen LogP contribution in [-0.4, -0.2) is 5.91 Å². The number of benzene rings is 2. The lowest BCUT2D eigenvalue weighted by Crippen LogP contribution is -2.11. The number of carbonyl (C=O) groups is 1. The molecule has 0 saturated carbocycles. The molecule has 27 heavy (non-hydrogen) atoms. The molecule has 0 aliphatic carbocycles. The van der Waals surface area contributed by atoms with Crippen LogP contribution in [0.4, 0.5) is 5.69 Å². The first-order valence-corrected chi connectivity index (χ1v) is 9.28. The molecule has 0 atom stereocenters. The molecular formula is C19H13Cl4NO3. The highest BCUT2D eigenvalue weighted by atomic mass is 35.5. The fourth-order valence-corrected chi connectivity index (χ4v) is 3.40. The van der Waals surface area contributed by atoms with Gasteiger partial charge in [-0.05, 0) is 48.9 Å². The predicted octanol–water partition coefficient (Wildman–Crippen LogP) is 7.03. The SMILES string of the molecule is Cc1ccc(Cl)cc1NC(=O)c1ccc(COc2c(Cl)cc(Cl)cc2Cl)o1. The van der Waals surface area contributed by atoms with Crippen LogP contribution in [0.1, 0.15) is 21.9 Å². The fourth-order valence-electron chi connectivity index (χ4n) is 2.30. The van der Waals surface area contributed by atoms with Crippen molar-refractivity contribution in [3.05, 3.63) is 79.6 Å². The molecule has 0 radical (unpaired) electrons. The third-order valence-electron chi connectivity index (χ3n) is 3.66. The second kappa shape index (κ2) is 8.44. The minimum absolute atomic E-state index is 0.0462. The van der Waals surface area contributed by atoms with Crippen molar-refractivity contribution in [3.8, 4) is 5.75 Å². The molecule has 2 aromatic carbocycles. The highest BCUT2D eigenvalue weighted by Gasteiger charge is 2.15. The minimum atomic E-state index is -0.394. The molecule has 0 aliphatic heterocycles. The van der Waals surface area contributed by atoms with E-state index in [9.17, 15) is 4.79 Å². The number of amides is 1. The van der Waals surface area contributed by atoms with Crippen LogP contribution < -0.4 is 10.1 Å². The Morgan fingerprint density at radius 1 is 1.00 bits per heavy atom. The molecule has 0 bridgehead atoms. The van der Waals surface area contributed by atoms with Gasteiger partial charge >= 0.3 is 0 Å². The molecule has 0 saturated heterocycles. The first kappa shape index (κ1) is 19.9. The van der Waals surface area contributed by atoms with Crippen LogP contribution >= 0.6 is 46.4 Å². The zero-order valence-electron chi connectivity index (χ0n) is 14.0. The summed E-state index contributed by atoms with van der Waals surface area (Å²) in [4.78, 5) is 12.4. The van der Waals surface area contributed by atoms with Gasteiger partial charge in [0.25, 0.3) is 5.91 Å². The summed E-state index contributed by atoms with van der Waals surface area (Å²) in [7, 11) is 0. The van der Waals surface area contributed by atoms with E-state index in [1.807, 2.05) is 13.0 Å². The van der Waals surface area contributed by atoms with E-state index in [4.69, 9.17) is 55.6 Å². The van der Waals surface area contributed by atoms with E-state index in [-0.39, 0.29) is 22.4 Å². The summed E-state index contributed by atoms with van der Waals surface area (Å²) >= 11 is 24.0. The molecule has 1 heterocycles. The standard InChI is InChI=1S/C19H13Cl4NO3/c1-10-2-3-11(20)8-16(10)24-19(25)17-5-4-13(27-17)9-26-18-14(22)6-12(21)7-15(18)23/h2-8H,9H2,1H3,(H,24,25). The number of ether oxygens (including phenoxy) is 1. The third kappa shape index (κ3) is 4.90. The Bertz CT molecular complexity index is 977. The van der Waals surface area contributed by atoms with Crippen LogP contribution in [0.15, 0.2) is 46.9 Å². The summed E-state index contributed by atoms with van der Waals surface area (Å²) in [5.41, 5.74) is 1.50. The van der Waals surface area contributed by atoms with Crippen molar-refractivity contribution in [1.82, 2.24) is 0 Å². The van der Waals surface area contributed by atoms with E-state index in [1.54, 1.807) is 24.3 Å². The molecule has 4 nitrogen and oxygen atoms in total. The Morgan fingerprint density at radius 3 is 2.41 bits per heavy atom. The van der Waals surface area contributed by atoms with Crippen molar-refractivity contribution >= 4 is 58.0 Å². The molecule has 3 aromatic rings. The average Bonchev–Trinajstić information content (AvgIpc) is 3.06. The summed E-state index contributed by atoms with van der Waals surface area (Å²) in [6.07, 6.45) is 0. The lowest BCUT2D eigenvalue weighted by molar-refractivity contribution is 0.0992. The van der Waals surface area contributed by atoms with Gasteiger partial charge in [0.15, 0.2) is 11.5 Å². The van der Waals surface area contributed by atoms with Gasteiger partial charge in [-0.15, -0.1) is 0 Å². The van der Waals surface area contributed by atoms with Gasteiger partial charge in [-0.2, -0.15) is 0 Å². The second-order valence-electron chi connectivity index (χ2n) is 5.67. The highest BCUT2D eigenvalue weighted by Crippen LogP contribution is 2.36. The smallest absolute Gasteiger partial charge is 0.291 e. The van der Waals surface area contributed by atoms with Crippen LogP contribution in [0.5, 0.6) is 5.75 Å². The maximum Gasteiger partial charge on any atom is 0.291 e. The second-order valence-corrected chi connectivity index (χ2v) is 7.35. The molecule has 1 N–H and O–H groups in total. The van der Waals surface area contributed by atoms with Crippen molar-refractivity contribution < 1.29 is 13.9 Å². The van der Waals surface area contributed by atoms with Crippen molar-refractivity contribution in [2.45, 2.75) is 13.5 Å². The van der Waals surface area contributed by atoms with Crippen LogP contribution in [0.2, 0.25) is 20.1 Å². The minimum Gasteiger partial charge on any atom is -0.483 e. The number of hydrogen-bond acceptors (Lipinski definition) is 3. The summed E-state index contributed by atoms with van der Waals surface area (Å²) in [5.74, 6) is 0.472. The number of furan rings is 1. The Balaban J connectivity index is 1.68. The summed E-state index contributed by atoms with van der Waals surface area (Å²) in [5, 5.41) is 4.27. The van der Waals surface area contributed by atoms with Crippen molar-refractivity contribution in [2.75, 3.05) is 5.32 Å². The Labute approximate surface area is 175 Å². The Morgan fingerprint density at radius 2 is 1.70 bits per heavy atom. The monoisotopic (exact) mass is 443 g/mol. The largest absolute Gasteiger partial charge is 0.483 e. The quantitative estimate of drug-likeness (QED) is 0.459. The lowest BCUT2D eigenvalue weighted by Gasteiger charge is -2.09. The molecule has 0 unspecified atom stereocenters. The van der Waals surface area contributed by atoms with Crippen LogP contribution in [-0.2, 0) is 6.61 Å². The van der Waals surface area contributed by atoms with Gasteiger partial charge in [0.1, 0.15) is 12.4 Å². The van der Waals surface area contributed by atoms with Gasteiger partial charge in [-0.25, -0.2) is 0 Å². The summed E-state index contributed by atoms with van der Waals surface area (Å²) in [6, 6.07) is 11.5. The van der Waals surface area contributed by atoms with E-state index in [0.717, 1.165) is 5.56 Å². The summed E-state index contributed by atoms with van der Waals surface area (Å²) < 4.78 is 11.1. The molecule has 1 aromatic heterocycles. The normalized spacial score (nSPS) is 10.7. The maximum absolute atomic E-state index is 12.4. The number of nitrogens with one attached hydrogen (secondary N) is 1. The van der Waals surface area contributed by atoms with Crippen LogP contribution in [0.25, 0.3) is 0 Å². The molecule has 1 amide bonds. The lowest BCUT2D eigenvalue weighted by atomic mass is 10.2. The number of hydrogen-bond donors (Lipinski definition) is 1. The maximum atomic E-state index is 12.4. The van der Waals surface area contributed by atoms with Crippen LogP contribution in [0.3, 0.4) is 0 Å². The van der Waals surface area contributed by atoms with Crippen LogP contribution in [0, 0.1) is 6.92 Å². The van der Waals surface area contributed by atoms with Gasteiger partial charge in [-0.3, -0.25) is 4.79 Å². The summed E-state index contributed by atoms with van der Waals surface area (Å²) in [6.45, 7) is 1.91. The van der Waals surface area contributed by atoms with E-state index >= 15 is 0 Å². The fraction of sp³-hybridized carbons (Fsp3) is 0.105. The predicted molar refractivity (Wildman–Crippen MR) is 109 cm³/mol. The molecule has 8 heteroatoms. The van der Waals surface area contributed by atoms with Gasteiger partial charge in [0, 0.05) is 15.7 Å². The number of rotatable bonds is 5. The number of anilines is 1. The van der Waals surface area contributed by atoms with Gasteiger partial charge in [0.2, 0.25) is 0 Å². The van der Waals surface area contributed by atoms with Gasteiger partial charge in [0.05, 0.1) is 10.0 Å². The Kier molecular flexibility index (Phi) is 6.22. The molecule has 0 fully saturated rings. The Hall–Kier alpha value is -1.85. The van der Waals surface area contributed by atoms with E-state index in [0.29, 0.717) is 27.2 Å². The van der Waals surface area contributed by atoms with Crippen molar-refractivity contribution in [1.29, 1.82) is 0 Å². The average molecular weight is 445 g/mol. The molecular weight excluding hydrogens is 432 g/mol. The first-order chi connectivity index (χ1) is 12.8. The zero-order valence-corrected chi connectivity index (χ0v) is 17.0. The zero-order chi connectivity index (χ0) is 19.6. The van der Waals surface area contributed by atoms with Crippen molar-refractivity contribution in [3.63, 3.8) is 0 Å². The number of carbonyl (C=O) groups excluding carboxylic acids is 1. The molecule has 0 spiro atoms. The molecule has 140 valence electrons. The van der Waals surface area contributed by atoms with E-state index in [1.165, 1.54) is 12.1 Å².